The number of phenols is 1. The fourth-order valence-corrected chi connectivity index (χ4v) is 5.10. The molecule has 1 heterocycles. The van der Waals surface area contributed by atoms with Crippen molar-refractivity contribution in [3.63, 3.8) is 0 Å². The van der Waals surface area contributed by atoms with Gasteiger partial charge in [-0.2, -0.15) is 0 Å². The number of allylic oxidation sites excluding steroid dienone is 1. The van der Waals surface area contributed by atoms with Crippen LogP contribution < -0.4 is 20.1 Å². The maximum Gasteiger partial charge on any atom is 0.176 e. The van der Waals surface area contributed by atoms with Crippen molar-refractivity contribution in [2.75, 3.05) is 24.4 Å². The Bertz CT molecular complexity index is 1300. The predicted octanol–water partition coefficient (Wildman–Crippen LogP) is 6.43. The zero-order valence-electron chi connectivity index (χ0n) is 19.6. The summed E-state index contributed by atoms with van der Waals surface area (Å²) in [6.07, 6.45) is 1.08. The molecule has 180 valence electrons. The number of benzene rings is 3. The van der Waals surface area contributed by atoms with Crippen LogP contribution in [0, 0.1) is 0 Å². The minimum Gasteiger partial charge on any atom is -0.503 e. The molecule has 6 nitrogen and oxygen atoms in total. The summed E-state index contributed by atoms with van der Waals surface area (Å²) in [5, 5.41) is 17.6. The minimum absolute atomic E-state index is 0.0490. The number of halogens is 1. The summed E-state index contributed by atoms with van der Waals surface area (Å²) in [6, 6.07) is 18.8. The van der Waals surface area contributed by atoms with Crippen LogP contribution in [0.5, 0.6) is 17.2 Å². The Kier molecular flexibility index (Phi) is 6.31. The molecule has 35 heavy (non-hydrogen) atoms. The molecule has 3 aromatic rings. The van der Waals surface area contributed by atoms with Crippen LogP contribution in [-0.4, -0.2) is 24.6 Å². The first-order chi connectivity index (χ1) is 17.0. The average Bonchev–Trinajstić information content (AvgIpc) is 3.04. The number of para-hydroxylation sites is 2. The zero-order valence-corrected chi connectivity index (χ0v) is 20.4. The van der Waals surface area contributed by atoms with Gasteiger partial charge in [-0.05, 0) is 66.8 Å². The normalized spacial score (nSPS) is 19.1. The Labute approximate surface area is 209 Å². The molecule has 1 aliphatic heterocycles. The van der Waals surface area contributed by atoms with Gasteiger partial charge >= 0.3 is 0 Å². The lowest BCUT2D eigenvalue weighted by molar-refractivity contribution is -0.116. The quantitative estimate of drug-likeness (QED) is 0.382. The Morgan fingerprint density at radius 2 is 1.77 bits per heavy atom. The number of phenolic OH excluding ortho intramolecular Hbond substituents is 1. The molecule has 1 aliphatic carbocycles. The lowest BCUT2D eigenvalue weighted by Gasteiger charge is -2.30. The Morgan fingerprint density at radius 1 is 1.03 bits per heavy atom. The molecule has 5 rings (SSSR count). The first kappa shape index (κ1) is 23.1. The van der Waals surface area contributed by atoms with Crippen LogP contribution in [0.3, 0.4) is 0 Å². The van der Waals surface area contributed by atoms with Gasteiger partial charge in [0.05, 0.1) is 36.2 Å². The summed E-state index contributed by atoms with van der Waals surface area (Å²) in [5.41, 5.74) is 5.18. The highest BCUT2D eigenvalue weighted by molar-refractivity contribution is 6.32. The van der Waals surface area contributed by atoms with Gasteiger partial charge in [0.25, 0.3) is 0 Å². The van der Waals surface area contributed by atoms with Crippen LogP contribution in [0.4, 0.5) is 11.4 Å². The van der Waals surface area contributed by atoms with Crippen LogP contribution in [0.1, 0.15) is 42.9 Å². The summed E-state index contributed by atoms with van der Waals surface area (Å²) < 4.78 is 10.9. The Hall–Kier alpha value is -3.64. The summed E-state index contributed by atoms with van der Waals surface area (Å²) in [7, 11) is 1.64. The second kappa shape index (κ2) is 9.55. The van der Waals surface area contributed by atoms with Crippen molar-refractivity contribution in [3.05, 3.63) is 88.1 Å². The topological polar surface area (TPSA) is 79.8 Å². The van der Waals surface area contributed by atoms with Crippen molar-refractivity contribution in [1.82, 2.24) is 0 Å². The van der Waals surface area contributed by atoms with Crippen LogP contribution in [0.15, 0.2) is 71.9 Å². The number of anilines is 2. The summed E-state index contributed by atoms with van der Waals surface area (Å²) in [5.74, 6) is 1.09. The molecule has 0 bridgehead atoms. The predicted molar refractivity (Wildman–Crippen MR) is 138 cm³/mol. The molecule has 3 N–H and O–H groups in total. The monoisotopic (exact) mass is 490 g/mol. The number of Topliss-reactive ketones (excluding diaryl/α,β-unsaturated/α-hetero) is 1. The fourth-order valence-electron chi connectivity index (χ4n) is 4.88. The third-order valence-electron chi connectivity index (χ3n) is 6.58. The Morgan fingerprint density at radius 3 is 2.49 bits per heavy atom. The number of fused-ring (bicyclic) bond motifs is 1. The molecular weight excluding hydrogens is 464 g/mol. The van der Waals surface area contributed by atoms with Crippen LogP contribution in [0.25, 0.3) is 0 Å². The number of nitrogens with one attached hydrogen (secondary N) is 2. The van der Waals surface area contributed by atoms with E-state index >= 15 is 0 Å². The van der Waals surface area contributed by atoms with E-state index < -0.39 is 6.04 Å². The summed E-state index contributed by atoms with van der Waals surface area (Å²) in [4.78, 5) is 13.7. The molecule has 0 radical (unpaired) electrons. The Balaban J connectivity index is 1.60. The van der Waals surface area contributed by atoms with E-state index in [1.807, 2.05) is 55.5 Å². The van der Waals surface area contributed by atoms with Crippen molar-refractivity contribution < 1.29 is 19.4 Å². The molecule has 0 spiro atoms. The lowest BCUT2D eigenvalue weighted by Crippen LogP contribution is -2.27. The van der Waals surface area contributed by atoms with Gasteiger partial charge in [0.1, 0.15) is 5.75 Å². The van der Waals surface area contributed by atoms with E-state index in [9.17, 15) is 9.90 Å². The highest BCUT2D eigenvalue weighted by atomic mass is 35.5. The molecular formula is C28H27ClN2O4. The molecule has 0 saturated heterocycles. The molecule has 0 fully saturated rings. The van der Waals surface area contributed by atoms with E-state index in [-0.39, 0.29) is 22.5 Å². The zero-order chi connectivity index (χ0) is 24.5. The van der Waals surface area contributed by atoms with Crippen molar-refractivity contribution in [2.24, 2.45) is 0 Å². The van der Waals surface area contributed by atoms with Gasteiger partial charge in [-0.25, -0.2) is 0 Å². The minimum atomic E-state index is -0.456. The van der Waals surface area contributed by atoms with Gasteiger partial charge in [0.2, 0.25) is 0 Å². The standard InChI is InChI=1S/C28H27ClN2O4/c1-3-35-25-15-18(12-20(29)28(25)33)27-26-23(30-21-6-4-5-7-22(21)31-27)13-17(14-24(26)32)16-8-10-19(34-2)11-9-16/h4-12,15,17,27,30-31,33H,3,13-14H2,1-2H3/t17-,27+/m0/s1. The summed E-state index contributed by atoms with van der Waals surface area (Å²) in [6.45, 7) is 2.22. The number of rotatable bonds is 5. The number of hydrogen-bond donors (Lipinski definition) is 3. The number of methoxy groups -OCH3 is 1. The highest BCUT2D eigenvalue weighted by Crippen LogP contribution is 2.46. The smallest absolute Gasteiger partial charge is 0.176 e. The van der Waals surface area contributed by atoms with Gasteiger partial charge < -0.3 is 25.2 Å². The first-order valence-corrected chi connectivity index (χ1v) is 12.0. The van der Waals surface area contributed by atoms with Crippen molar-refractivity contribution in [3.8, 4) is 17.2 Å². The lowest BCUT2D eigenvalue weighted by atomic mass is 9.78. The van der Waals surface area contributed by atoms with E-state index in [1.54, 1.807) is 19.2 Å². The van der Waals surface area contributed by atoms with E-state index in [2.05, 4.69) is 10.6 Å². The van der Waals surface area contributed by atoms with Crippen LogP contribution >= 0.6 is 11.6 Å². The first-order valence-electron chi connectivity index (χ1n) is 11.7. The average molecular weight is 491 g/mol. The molecule has 7 heteroatoms. The number of carbonyl (C=O) groups is 1. The third kappa shape index (κ3) is 4.42. The molecule has 2 aliphatic rings. The number of ether oxygens (including phenoxy) is 2. The number of carbonyl (C=O) groups excluding carboxylic acids is 1. The molecule has 3 aromatic carbocycles. The molecule has 2 atom stereocenters. The van der Waals surface area contributed by atoms with Gasteiger partial charge in [-0.15, -0.1) is 0 Å². The maximum atomic E-state index is 13.7. The van der Waals surface area contributed by atoms with Crippen molar-refractivity contribution >= 4 is 28.8 Å². The van der Waals surface area contributed by atoms with Gasteiger partial charge in [0.15, 0.2) is 17.3 Å². The maximum absolute atomic E-state index is 13.7. The van der Waals surface area contributed by atoms with E-state index in [1.165, 1.54) is 0 Å². The molecule has 0 aromatic heterocycles. The van der Waals surface area contributed by atoms with Crippen molar-refractivity contribution in [2.45, 2.75) is 31.7 Å². The van der Waals surface area contributed by atoms with Gasteiger partial charge in [0, 0.05) is 17.7 Å². The molecule has 0 unspecified atom stereocenters. The SMILES string of the molecule is CCOc1cc([C@H]2Nc3ccccc3NC3=C2C(=O)C[C@@H](c2ccc(OC)cc2)C3)cc(Cl)c1O. The summed E-state index contributed by atoms with van der Waals surface area (Å²) >= 11 is 6.37. The molecule has 0 amide bonds. The number of ketones is 1. The molecule has 0 saturated carbocycles. The second-order valence-corrected chi connectivity index (χ2v) is 9.13. The van der Waals surface area contributed by atoms with Crippen molar-refractivity contribution in [1.29, 1.82) is 0 Å². The number of aromatic hydroxyl groups is 1. The van der Waals surface area contributed by atoms with Crippen LogP contribution in [-0.2, 0) is 4.79 Å². The van der Waals surface area contributed by atoms with E-state index in [0.717, 1.165) is 33.9 Å². The number of hydrogen-bond acceptors (Lipinski definition) is 6. The third-order valence-corrected chi connectivity index (χ3v) is 6.87. The largest absolute Gasteiger partial charge is 0.503 e. The highest BCUT2D eigenvalue weighted by Gasteiger charge is 2.36. The second-order valence-electron chi connectivity index (χ2n) is 8.72. The van der Waals surface area contributed by atoms with E-state index in [0.29, 0.717) is 30.8 Å². The van der Waals surface area contributed by atoms with Gasteiger partial charge in [-0.3, -0.25) is 4.79 Å². The van der Waals surface area contributed by atoms with E-state index in [4.69, 9.17) is 21.1 Å². The fraction of sp³-hybridized carbons (Fsp3) is 0.250. The van der Waals surface area contributed by atoms with Crippen LogP contribution in [0.2, 0.25) is 5.02 Å². The van der Waals surface area contributed by atoms with Gasteiger partial charge in [-0.1, -0.05) is 35.9 Å².